The van der Waals surface area contributed by atoms with Crippen LogP contribution >= 0.6 is 0 Å². The monoisotopic (exact) mass is 867 g/mol. The number of piperidine rings is 2. The third-order valence-electron chi connectivity index (χ3n) is 13.8. The summed E-state index contributed by atoms with van der Waals surface area (Å²) in [7, 11) is 3.65. The molecule has 0 saturated carbocycles. The average Bonchev–Trinajstić information content (AvgIpc) is 3.91. The van der Waals surface area contributed by atoms with Crippen molar-refractivity contribution in [3.05, 3.63) is 87.9 Å². The predicted molar refractivity (Wildman–Crippen MR) is 246 cm³/mol. The first-order chi connectivity index (χ1) is 31.0. The van der Waals surface area contributed by atoms with E-state index in [1.54, 1.807) is 33.1 Å². The average molecular weight is 868 g/mol. The molecule has 334 valence electrons. The minimum absolute atomic E-state index is 0.131. The number of pyridine rings is 1. The van der Waals surface area contributed by atoms with Crippen molar-refractivity contribution < 1.29 is 19.4 Å². The number of benzene rings is 2. The standard InChI is InChI=1S/C48H57N11O5/c1-30-7-6-22-64-47-35(27-49-54(47)4)37-25-33(23-31(2)50-37)42(60)26-43-51-36-11-10-32(24-41(36)58(43)28-30)29-55-18-20-56(21-19-55)34-14-16-57(17-15-34)38-8-5-9-39-45(38)53(3)48(63)59(39)40-12-13-44(61)52-46(40)62/h5,8-11,23-27,30,34,40,60H,6-7,12-22,28-29H2,1-4H3,(H,52,61,62)/b42-26-/t30-,40?/m1/s1. The number of aromatic nitrogens is 7. The lowest BCUT2D eigenvalue weighted by molar-refractivity contribution is -0.135. The first kappa shape index (κ1) is 41.7. The van der Waals surface area contributed by atoms with Crippen molar-refractivity contribution in [3.8, 4) is 17.1 Å². The summed E-state index contributed by atoms with van der Waals surface area (Å²) >= 11 is 0. The van der Waals surface area contributed by atoms with Crippen LogP contribution < -0.4 is 20.6 Å². The zero-order valence-corrected chi connectivity index (χ0v) is 37.2. The second-order valence-corrected chi connectivity index (χ2v) is 18.3. The van der Waals surface area contributed by atoms with E-state index in [0.717, 1.165) is 123 Å². The number of rotatable bonds is 5. The summed E-state index contributed by atoms with van der Waals surface area (Å²) in [5.41, 5.74) is 8.50. The van der Waals surface area contributed by atoms with Crippen LogP contribution in [0.3, 0.4) is 0 Å². The van der Waals surface area contributed by atoms with Crippen LogP contribution in [-0.4, -0.2) is 112 Å². The molecule has 3 fully saturated rings. The molecule has 0 spiro atoms. The third-order valence-corrected chi connectivity index (χ3v) is 13.8. The van der Waals surface area contributed by atoms with Gasteiger partial charge in [0.2, 0.25) is 17.7 Å². The molecule has 2 atom stereocenters. The minimum atomic E-state index is -0.700. The van der Waals surface area contributed by atoms with Crippen molar-refractivity contribution in [2.45, 2.75) is 77.5 Å². The molecule has 3 saturated heterocycles. The number of hydrogen-bond donors (Lipinski definition) is 2. The van der Waals surface area contributed by atoms with E-state index in [9.17, 15) is 19.5 Å². The van der Waals surface area contributed by atoms with Gasteiger partial charge in [-0.2, -0.15) is 5.10 Å². The number of para-hydroxylation sites is 1. The Morgan fingerprint density at radius 3 is 2.52 bits per heavy atom. The van der Waals surface area contributed by atoms with Gasteiger partial charge in [0.05, 0.1) is 51.8 Å². The highest BCUT2D eigenvalue weighted by Gasteiger charge is 2.33. The molecule has 16 heteroatoms. The van der Waals surface area contributed by atoms with Gasteiger partial charge in [0.15, 0.2) is 0 Å². The zero-order valence-electron chi connectivity index (χ0n) is 37.2. The summed E-state index contributed by atoms with van der Waals surface area (Å²) < 4.78 is 13.5. The maximum Gasteiger partial charge on any atom is 0.329 e. The Hall–Kier alpha value is -6.26. The highest BCUT2D eigenvalue weighted by molar-refractivity contribution is 6.00. The molecular weight excluding hydrogens is 811 g/mol. The van der Waals surface area contributed by atoms with Crippen molar-refractivity contribution in [2.75, 3.05) is 50.8 Å². The number of carbonyl (C=O) groups is 2. The molecule has 2 bridgehead atoms. The van der Waals surface area contributed by atoms with Crippen LogP contribution in [0.4, 0.5) is 5.69 Å². The Kier molecular flexibility index (Phi) is 11.1. The number of piperazine rings is 1. The Balaban J connectivity index is 0.814. The number of fused-ring (bicyclic) bond motifs is 8. The number of hydrogen-bond acceptors (Lipinski definition) is 11. The largest absolute Gasteiger partial charge is 0.507 e. The maximum atomic E-state index is 13.5. The summed E-state index contributed by atoms with van der Waals surface area (Å²) in [6, 6.07) is 16.1. The number of aliphatic hydroxyl groups is 1. The summed E-state index contributed by atoms with van der Waals surface area (Å²) in [6.45, 7) is 12.1. The van der Waals surface area contributed by atoms with Gasteiger partial charge in [0.1, 0.15) is 17.6 Å². The predicted octanol–water partition coefficient (Wildman–Crippen LogP) is 5.42. The van der Waals surface area contributed by atoms with E-state index in [4.69, 9.17) is 14.7 Å². The zero-order chi connectivity index (χ0) is 44.2. The highest BCUT2D eigenvalue weighted by Crippen LogP contribution is 2.34. The highest BCUT2D eigenvalue weighted by atomic mass is 16.5. The number of nitrogens with zero attached hydrogens (tertiary/aromatic N) is 10. The lowest BCUT2D eigenvalue weighted by Crippen LogP contribution is -2.53. The van der Waals surface area contributed by atoms with E-state index >= 15 is 0 Å². The Morgan fingerprint density at radius 1 is 0.906 bits per heavy atom. The molecule has 4 aliphatic heterocycles. The lowest BCUT2D eigenvalue weighted by Gasteiger charge is -2.43. The molecule has 2 amide bonds. The van der Waals surface area contributed by atoms with Gasteiger partial charge in [-0.3, -0.25) is 38.8 Å². The van der Waals surface area contributed by atoms with Gasteiger partial charge in [-0.15, -0.1) is 0 Å². The number of amides is 2. The number of aryl methyl sites for hydroxylation is 3. The number of ether oxygens (including phenoxy) is 1. The van der Waals surface area contributed by atoms with Gasteiger partial charge in [0.25, 0.3) is 0 Å². The van der Waals surface area contributed by atoms with Gasteiger partial charge in [-0.25, -0.2) is 14.5 Å². The smallest absolute Gasteiger partial charge is 0.329 e. The fourth-order valence-electron chi connectivity index (χ4n) is 10.4. The van der Waals surface area contributed by atoms with E-state index in [2.05, 4.69) is 60.9 Å². The summed E-state index contributed by atoms with van der Waals surface area (Å²) in [5, 5.41) is 18.5. The third kappa shape index (κ3) is 7.86. The number of anilines is 1. The quantitative estimate of drug-likeness (QED) is 0.213. The molecule has 8 heterocycles. The van der Waals surface area contributed by atoms with Gasteiger partial charge >= 0.3 is 5.69 Å². The first-order valence-corrected chi connectivity index (χ1v) is 22.8. The van der Waals surface area contributed by atoms with E-state index in [0.29, 0.717) is 42.1 Å². The van der Waals surface area contributed by atoms with Crippen LogP contribution in [0.25, 0.3) is 45.2 Å². The second-order valence-electron chi connectivity index (χ2n) is 18.3. The van der Waals surface area contributed by atoms with Crippen molar-refractivity contribution >= 4 is 51.4 Å². The van der Waals surface area contributed by atoms with E-state index < -0.39 is 11.9 Å². The Morgan fingerprint density at radius 2 is 1.72 bits per heavy atom. The fraction of sp³-hybridized carbons (Fsp3) is 0.458. The van der Waals surface area contributed by atoms with Crippen LogP contribution in [0, 0.1) is 12.8 Å². The second kappa shape index (κ2) is 17.0. The lowest BCUT2D eigenvalue weighted by atomic mass is 10.0. The Labute approximate surface area is 371 Å². The topological polar surface area (TPSA) is 161 Å². The summed E-state index contributed by atoms with van der Waals surface area (Å²) in [6.07, 6.45) is 8.02. The molecule has 1 unspecified atom stereocenters. The number of imidazole rings is 2. The van der Waals surface area contributed by atoms with Crippen LogP contribution in [-0.2, 0) is 36.8 Å². The van der Waals surface area contributed by atoms with Gasteiger partial charge in [-0.1, -0.05) is 19.1 Å². The van der Waals surface area contributed by atoms with Crippen LogP contribution in [0.5, 0.6) is 5.88 Å². The van der Waals surface area contributed by atoms with Crippen molar-refractivity contribution in [1.29, 1.82) is 0 Å². The molecule has 2 N–H and O–H groups in total. The van der Waals surface area contributed by atoms with Gasteiger partial charge in [-0.05, 0) is 86.9 Å². The molecule has 4 aromatic heterocycles. The molecule has 64 heavy (non-hydrogen) atoms. The number of carbonyl (C=O) groups excluding carboxylic acids is 2. The first-order valence-electron chi connectivity index (χ1n) is 22.8. The number of imide groups is 1. The number of aliphatic hydroxyl groups excluding tert-OH is 1. The van der Waals surface area contributed by atoms with Crippen LogP contribution in [0.15, 0.2) is 59.5 Å². The molecule has 0 radical (unpaired) electrons. The summed E-state index contributed by atoms with van der Waals surface area (Å²) in [4.78, 5) is 55.6. The number of nitrogens with one attached hydrogen (secondary N) is 1. The molecule has 4 aliphatic rings. The molecular formula is C48H57N11O5. The fourth-order valence-corrected chi connectivity index (χ4v) is 10.4. The molecule has 6 aromatic rings. The van der Waals surface area contributed by atoms with Gasteiger partial charge in [0, 0.05) is 96.2 Å². The molecule has 2 aromatic carbocycles. The minimum Gasteiger partial charge on any atom is -0.507 e. The summed E-state index contributed by atoms with van der Waals surface area (Å²) in [5.74, 6) is 1.17. The van der Waals surface area contributed by atoms with E-state index in [1.807, 2.05) is 38.2 Å². The normalized spacial score (nSPS) is 21.8. The van der Waals surface area contributed by atoms with E-state index in [-0.39, 0.29) is 23.8 Å². The van der Waals surface area contributed by atoms with Gasteiger partial charge < -0.3 is 19.3 Å². The van der Waals surface area contributed by atoms with Crippen molar-refractivity contribution in [3.63, 3.8) is 0 Å². The molecule has 16 nitrogen and oxygen atoms in total. The molecule has 0 aliphatic carbocycles. The van der Waals surface area contributed by atoms with E-state index in [1.165, 1.54) is 5.56 Å². The Bertz CT molecular complexity index is 2850. The maximum absolute atomic E-state index is 13.5. The van der Waals surface area contributed by atoms with Crippen molar-refractivity contribution in [1.82, 2.24) is 48.6 Å². The van der Waals surface area contributed by atoms with Crippen LogP contribution in [0.2, 0.25) is 0 Å². The molecule has 10 rings (SSSR count). The SMILES string of the molecule is Cc1cc2cc(n1)-c1cnn(C)c1OCCC[C@@H](C)Cn1c(nc3ccc(CN4CCN(C5CCN(c6cccc7c6n(C)c(=O)n7C6CCC(=O)NC6=O)CC5)CC4)cc31)/C=C/2O. The van der Waals surface area contributed by atoms with Crippen LogP contribution in [0.1, 0.15) is 74.1 Å². The van der Waals surface area contributed by atoms with Crippen molar-refractivity contribution in [2.24, 2.45) is 20.0 Å².